The Morgan fingerprint density at radius 1 is 0.775 bits per heavy atom. The Balaban J connectivity index is 1.67. The third-order valence-corrected chi connectivity index (χ3v) is 7.09. The molecule has 0 aliphatic carbocycles. The quantitative estimate of drug-likeness (QED) is 0.167. The zero-order chi connectivity index (χ0) is 28.9. The van der Waals surface area contributed by atoms with Crippen LogP contribution in [0, 0.1) is 0 Å². The predicted octanol–water partition coefficient (Wildman–Crippen LogP) is -1.45. The van der Waals surface area contributed by atoms with Gasteiger partial charge in [0.05, 0.1) is 18.8 Å². The third-order valence-electron chi connectivity index (χ3n) is 7.09. The lowest BCUT2D eigenvalue weighted by molar-refractivity contribution is -0.289. The third kappa shape index (κ3) is 4.79. The number of rotatable bonds is 6. The second-order valence-corrected chi connectivity index (χ2v) is 9.62. The number of aliphatic hydroxyl groups is 6. The van der Waals surface area contributed by atoms with Gasteiger partial charge in [-0.3, -0.25) is 4.79 Å². The summed E-state index contributed by atoms with van der Waals surface area (Å²) in [7, 11) is 0. The number of phenolic OH excluding ortho intramolecular Hbond substituents is 3. The van der Waals surface area contributed by atoms with E-state index in [-0.39, 0.29) is 28.0 Å². The van der Waals surface area contributed by atoms with Gasteiger partial charge in [0.15, 0.2) is 17.3 Å². The van der Waals surface area contributed by atoms with E-state index < -0.39 is 85.3 Å². The van der Waals surface area contributed by atoms with E-state index in [1.54, 1.807) is 0 Å². The van der Waals surface area contributed by atoms with Gasteiger partial charge in [-0.25, -0.2) is 0 Å². The number of phenols is 3. The van der Waals surface area contributed by atoms with Crippen molar-refractivity contribution < 1.29 is 64.6 Å². The van der Waals surface area contributed by atoms with Crippen molar-refractivity contribution in [3.8, 4) is 28.6 Å². The summed E-state index contributed by atoms with van der Waals surface area (Å²) in [5, 5.41) is 91.9. The van der Waals surface area contributed by atoms with Crippen LogP contribution in [0.3, 0.4) is 0 Å². The van der Waals surface area contributed by atoms with Crippen molar-refractivity contribution in [2.75, 3.05) is 13.2 Å². The van der Waals surface area contributed by atoms with Crippen molar-refractivity contribution in [1.82, 2.24) is 0 Å². The minimum atomic E-state index is -1.84. The summed E-state index contributed by atoms with van der Waals surface area (Å²) < 4.78 is 22.8. The minimum Gasteiger partial charge on any atom is -0.508 e. The summed E-state index contributed by atoms with van der Waals surface area (Å²) in [4.78, 5) is 13.1. The van der Waals surface area contributed by atoms with Crippen molar-refractivity contribution in [3.63, 3.8) is 0 Å². The molecule has 0 unspecified atom stereocenters. The van der Waals surface area contributed by atoms with Crippen molar-refractivity contribution in [2.45, 2.75) is 55.1 Å². The Hall–Kier alpha value is -3.31. The second-order valence-electron chi connectivity index (χ2n) is 9.62. The fraction of sp³-hybridized carbons (Fsp3) is 0.423. The highest BCUT2D eigenvalue weighted by Gasteiger charge is 2.52. The van der Waals surface area contributed by atoms with Crippen molar-refractivity contribution in [2.24, 2.45) is 0 Å². The van der Waals surface area contributed by atoms with E-state index in [1.807, 2.05) is 0 Å². The molecule has 9 atom stereocenters. The van der Waals surface area contributed by atoms with Gasteiger partial charge in [-0.1, -0.05) is 0 Å². The summed E-state index contributed by atoms with van der Waals surface area (Å²) in [5.41, 5.74) is -1.07. The highest BCUT2D eigenvalue weighted by atomic mass is 16.7. The zero-order valence-electron chi connectivity index (χ0n) is 20.6. The smallest absolute Gasteiger partial charge is 0.197 e. The van der Waals surface area contributed by atoms with Gasteiger partial charge in [-0.05, 0) is 24.3 Å². The number of fused-ring (bicyclic) bond motifs is 1. The van der Waals surface area contributed by atoms with E-state index in [2.05, 4.69) is 0 Å². The molecule has 2 aliphatic heterocycles. The minimum absolute atomic E-state index is 0.0280. The lowest BCUT2D eigenvalue weighted by Gasteiger charge is -2.43. The maximum absolute atomic E-state index is 13.1. The molecule has 2 aromatic carbocycles. The van der Waals surface area contributed by atoms with E-state index in [9.17, 15) is 50.8 Å². The van der Waals surface area contributed by atoms with Crippen LogP contribution in [0.25, 0.3) is 22.3 Å². The van der Waals surface area contributed by atoms with Crippen LogP contribution in [0.1, 0.15) is 11.7 Å². The van der Waals surface area contributed by atoms with Crippen LogP contribution in [0.15, 0.2) is 45.6 Å². The molecule has 3 heterocycles. The first-order valence-corrected chi connectivity index (χ1v) is 12.3. The van der Waals surface area contributed by atoms with Gasteiger partial charge in [0.25, 0.3) is 0 Å². The predicted molar refractivity (Wildman–Crippen MR) is 132 cm³/mol. The molecule has 1 aromatic heterocycles. The molecular formula is C26H28O14. The first-order valence-electron chi connectivity index (χ1n) is 12.3. The molecule has 216 valence electrons. The Morgan fingerprint density at radius 2 is 1.40 bits per heavy atom. The Morgan fingerprint density at radius 3 is 2.02 bits per heavy atom. The molecule has 9 N–H and O–H groups in total. The molecular weight excluding hydrogens is 536 g/mol. The van der Waals surface area contributed by atoms with Crippen molar-refractivity contribution in [1.29, 1.82) is 0 Å². The van der Waals surface area contributed by atoms with Crippen LogP contribution in [0.4, 0.5) is 0 Å². The van der Waals surface area contributed by atoms with E-state index in [4.69, 9.17) is 18.6 Å². The van der Waals surface area contributed by atoms with Gasteiger partial charge in [-0.15, -0.1) is 0 Å². The second kappa shape index (κ2) is 10.9. The molecule has 40 heavy (non-hydrogen) atoms. The zero-order valence-corrected chi connectivity index (χ0v) is 20.6. The molecule has 2 fully saturated rings. The molecule has 0 spiro atoms. The fourth-order valence-corrected chi connectivity index (χ4v) is 4.97. The van der Waals surface area contributed by atoms with E-state index in [1.165, 1.54) is 24.3 Å². The van der Waals surface area contributed by atoms with Gasteiger partial charge in [-0.2, -0.15) is 0 Å². The van der Waals surface area contributed by atoms with Crippen LogP contribution in [-0.2, 0) is 14.2 Å². The molecule has 0 saturated carbocycles. The average molecular weight is 564 g/mol. The monoisotopic (exact) mass is 564 g/mol. The largest absolute Gasteiger partial charge is 0.508 e. The van der Waals surface area contributed by atoms with Crippen LogP contribution in [-0.4, -0.2) is 108 Å². The molecule has 2 aliphatic rings. The number of hydrogen-bond donors (Lipinski definition) is 9. The van der Waals surface area contributed by atoms with E-state index >= 15 is 0 Å². The molecule has 14 nitrogen and oxygen atoms in total. The summed E-state index contributed by atoms with van der Waals surface area (Å²) in [6, 6.07) is 7.52. The number of benzene rings is 2. The molecule has 2 saturated heterocycles. The SMILES string of the molecule is O=c1cc(-c2ccc(O)cc2)oc2c([C@@H]3O[C@H](CO)[C@@H](O)[C@H](O)[C@H]3O[C@@H]3O[C@H](CO)[C@H](O)[C@H]3O)c(O)cc(O)c12. The van der Waals surface area contributed by atoms with Crippen LogP contribution in [0.2, 0.25) is 0 Å². The highest BCUT2D eigenvalue weighted by molar-refractivity contribution is 5.89. The van der Waals surface area contributed by atoms with Crippen LogP contribution < -0.4 is 5.43 Å². The first kappa shape index (κ1) is 28.2. The van der Waals surface area contributed by atoms with Crippen LogP contribution >= 0.6 is 0 Å². The fourth-order valence-electron chi connectivity index (χ4n) is 4.97. The Kier molecular flexibility index (Phi) is 7.71. The van der Waals surface area contributed by atoms with Gasteiger partial charge in [0.2, 0.25) is 0 Å². The lowest BCUT2D eigenvalue weighted by atomic mass is 9.89. The number of aliphatic hydroxyl groups excluding tert-OH is 6. The number of ether oxygens (including phenoxy) is 3. The average Bonchev–Trinajstić information content (AvgIpc) is 3.20. The number of aromatic hydroxyl groups is 3. The van der Waals surface area contributed by atoms with E-state index in [0.717, 1.165) is 12.1 Å². The van der Waals surface area contributed by atoms with Crippen molar-refractivity contribution >= 4 is 11.0 Å². The van der Waals surface area contributed by atoms with Gasteiger partial charge >= 0.3 is 0 Å². The van der Waals surface area contributed by atoms with Gasteiger partial charge < -0.3 is 64.6 Å². The maximum atomic E-state index is 13.1. The van der Waals surface area contributed by atoms with E-state index in [0.29, 0.717) is 5.56 Å². The van der Waals surface area contributed by atoms with Crippen molar-refractivity contribution in [3.05, 3.63) is 52.2 Å². The maximum Gasteiger partial charge on any atom is 0.197 e. The molecule has 0 radical (unpaired) electrons. The lowest BCUT2D eigenvalue weighted by Crippen LogP contribution is -2.57. The molecule has 0 amide bonds. The van der Waals surface area contributed by atoms with Gasteiger partial charge in [0.1, 0.15) is 77.2 Å². The molecule has 3 aromatic rings. The Labute approximate surface area is 225 Å². The normalized spacial score (nSPS) is 32.5. The number of hydrogen-bond acceptors (Lipinski definition) is 14. The molecule has 5 rings (SSSR count). The Bertz CT molecular complexity index is 1420. The van der Waals surface area contributed by atoms with Gasteiger partial charge in [0, 0.05) is 17.7 Å². The molecule has 0 bridgehead atoms. The highest BCUT2D eigenvalue weighted by Crippen LogP contribution is 2.45. The molecule has 14 heteroatoms. The summed E-state index contributed by atoms with van der Waals surface area (Å²) >= 11 is 0. The summed E-state index contributed by atoms with van der Waals surface area (Å²) in [5.74, 6) is -1.39. The standard InChI is InChI=1S/C26H28O14/c27-7-15-19(33)21(35)25(40-26-22(36)20(34)16(8-28)39-26)24(38-15)18-12(31)5-11(30)17-13(32)6-14(37-23(17)18)9-1-3-10(29)4-2-9/h1-6,15-16,19-22,24-31,33-36H,7-8H2/t15-,16-,19-,20+,21+,22-,24+,25-,26+/m1/s1. The first-order chi connectivity index (χ1) is 19.0. The summed E-state index contributed by atoms with van der Waals surface area (Å²) in [6.45, 7) is -1.45. The van der Waals surface area contributed by atoms with Crippen LogP contribution in [0.5, 0.6) is 17.2 Å². The topological polar surface area (TPSA) is 240 Å². The summed E-state index contributed by atoms with van der Waals surface area (Å²) in [6.07, 6.45) is -14.4.